The molecule has 4 heteroatoms. The molecular weight excluding hydrogens is 198 g/mol. The number of methoxy groups -OCH3 is 1. The van der Waals surface area contributed by atoms with Gasteiger partial charge >= 0.3 is 5.97 Å². The van der Waals surface area contributed by atoms with Crippen molar-refractivity contribution in [1.82, 2.24) is 4.90 Å². The van der Waals surface area contributed by atoms with Gasteiger partial charge in [0.1, 0.15) is 0 Å². The summed E-state index contributed by atoms with van der Waals surface area (Å²) >= 11 is 1.82. The molecule has 0 rings (SSSR count). The lowest BCUT2D eigenvalue weighted by Crippen LogP contribution is -2.16. The smallest absolute Gasteiger partial charge is 0.309 e. The van der Waals surface area contributed by atoms with Crippen LogP contribution >= 0.6 is 11.8 Å². The molecule has 0 aromatic heterocycles. The number of nitrogens with zero attached hydrogens (tertiary/aromatic N) is 1. The van der Waals surface area contributed by atoms with Crippen molar-refractivity contribution < 1.29 is 9.53 Å². The van der Waals surface area contributed by atoms with Crippen LogP contribution in [0.1, 0.15) is 13.3 Å². The molecule has 3 nitrogen and oxygen atoms in total. The summed E-state index contributed by atoms with van der Waals surface area (Å²) in [6.07, 6.45) is 1.17. The highest BCUT2D eigenvalue weighted by Crippen LogP contribution is 2.10. The molecule has 0 aliphatic heterocycles. The van der Waals surface area contributed by atoms with E-state index in [-0.39, 0.29) is 11.9 Å². The topological polar surface area (TPSA) is 29.5 Å². The summed E-state index contributed by atoms with van der Waals surface area (Å²) in [5, 5.41) is 0. The molecule has 1 unspecified atom stereocenters. The molecule has 0 saturated heterocycles. The summed E-state index contributed by atoms with van der Waals surface area (Å²) in [5.41, 5.74) is 0. The number of thioether (sulfide) groups is 1. The Morgan fingerprint density at radius 3 is 2.64 bits per heavy atom. The highest BCUT2D eigenvalue weighted by atomic mass is 32.2. The highest BCUT2D eigenvalue weighted by Gasteiger charge is 2.12. The average Bonchev–Trinajstić information content (AvgIpc) is 2.15. The molecule has 0 amide bonds. The molecule has 84 valence electrons. The lowest BCUT2D eigenvalue weighted by molar-refractivity contribution is -0.143. The van der Waals surface area contributed by atoms with E-state index >= 15 is 0 Å². The van der Waals surface area contributed by atoms with Crippen LogP contribution in [0.5, 0.6) is 0 Å². The lowest BCUT2D eigenvalue weighted by Gasteiger charge is -2.10. The maximum Gasteiger partial charge on any atom is 0.309 e. The van der Waals surface area contributed by atoms with Crippen molar-refractivity contribution in [2.24, 2.45) is 5.92 Å². The van der Waals surface area contributed by atoms with Crippen LogP contribution in [0.4, 0.5) is 0 Å². The van der Waals surface area contributed by atoms with Crippen LogP contribution in [-0.4, -0.2) is 50.1 Å². The standard InChI is InChI=1S/C10H21NO2S/c1-9(10(12)13-4)8-14-7-5-6-11(2)3/h9H,5-8H2,1-4H3. The molecule has 1 atom stereocenters. The van der Waals surface area contributed by atoms with Crippen LogP contribution in [0.3, 0.4) is 0 Å². The summed E-state index contributed by atoms with van der Waals surface area (Å²) in [6.45, 7) is 3.02. The van der Waals surface area contributed by atoms with Gasteiger partial charge in [0.25, 0.3) is 0 Å². The fourth-order valence-electron chi connectivity index (χ4n) is 1.01. The van der Waals surface area contributed by atoms with E-state index in [0.29, 0.717) is 0 Å². The first kappa shape index (κ1) is 13.8. The second-order valence-corrected chi connectivity index (χ2v) is 4.81. The van der Waals surface area contributed by atoms with E-state index in [2.05, 4.69) is 23.7 Å². The van der Waals surface area contributed by atoms with Gasteiger partial charge in [0.05, 0.1) is 13.0 Å². The molecule has 0 aliphatic carbocycles. The lowest BCUT2D eigenvalue weighted by atomic mass is 10.2. The van der Waals surface area contributed by atoms with E-state index in [1.807, 2.05) is 18.7 Å². The first-order chi connectivity index (χ1) is 6.57. The van der Waals surface area contributed by atoms with Crippen LogP contribution in [0, 0.1) is 5.92 Å². The van der Waals surface area contributed by atoms with Crippen LogP contribution in [0.2, 0.25) is 0 Å². The maximum absolute atomic E-state index is 11.0. The molecule has 0 aromatic carbocycles. The number of hydrogen-bond acceptors (Lipinski definition) is 4. The average molecular weight is 219 g/mol. The minimum Gasteiger partial charge on any atom is -0.469 e. The van der Waals surface area contributed by atoms with Crippen molar-refractivity contribution in [3.63, 3.8) is 0 Å². The third-order valence-corrected chi connectivity index (χ3v) is 3.18. The summed E-state index contributed by atoms with van der Waals surface area (Å²) in [7, 11) is 5.58. The van der Waals surface area contributed by atoms with E-state index in [1.165, 1.54) is 13.5 Å². The van der Waals surface area contributed by atoms with E-state index < -0.39 is 0 Å². The fourth-order valence-corrected chi connectivity index (χ4v) is 2.00. The molecular formula is C10H21NO2S. The summed E-state index contributed by atoms with van der Waals surface area (Å²) in [5.74, 6) is 1.88. The van der Waals surface area contributed by atoms with E-state index in [9.17, 15) is 4.79 Å². The highest BCUT2D eigenvalue weighted by molar-refractivity contribution is 7.99. The molecule has 0 radical (unpaired) electrons. The molecule has 0 heterocycles. The van der Waals surface area contributed by atoms with Gasteiger partial charge in [0, 0.05) is 5.75 Å². The summed E-state index contributed by atoms with van der Waals surface area (Å²) < 4.78 is 4.65. The molecule has 0 spiro atoms. The predicted molar refractivity (Wildman–Crippen MR) is 61.7 cm³/mol. The Hall–Kier alpha value is -0.220. The second-order valence-electron chi connectivity index (χ2n) is 3.66. The second kappa shape index (κ2) is 8.12. The van der Waals surface area contributed by atoms with E-state index in [0.717, 1.165) is 18.1 Å². The van der Waals surface area contributed by atoms with E-state index in [4.69, 9.17) is 0 Å². The number of hydrogen-bond donors (Lipinski definition) is 0. The Morgan fingerprint density at radius 2 is 2.14 bits per heavy atom. The third-order valence-electron chi connectivity index (χ3n) is 1.87. The SMILES string of the molecule is COC(=O)C(C)CSCCCN(C)C. The Morgan fingerprint density at radius 1 is 1.50 bits per heavy atom. The van der Waals surface area contributed by atoms with Crippen molar-refractivity contribution in [1.29, 1.82) is 0 Å². The Balaban J connectivity index is 3.31. The van der Waals surface area contributed by atoms with Gasteiger partial charge in [-0.15, -0.1) is 0 Å². The minimum absolute atomic E-state index is 0.0179. The zero-order chi connectivity index (χ0) is 11.0. The largest absolute Gasteiger partial charge is 0.469 e. The number of ether oxygens (including phenoxy) is 1. The van der Waals surface area contributed by atoms with Crippen molar-refractivity contribution in [2.45, 2.75) is 13.3 Å². The van der Waals surface area contributed by atoms with Crippen molar-refractivity contribution in [2.75, 3.05) is 39.3 Å². The van der Waals surface area contributed by atoms with Gasteiger partial charge in [-0.1, -0.05) is 6.92 Å². The molecule has 0 bridgehead atoms. The van der Waals surface area contributed by atoms with Gasteiger partial charge < -0.3 is 9.64 Å². The molecule has 0 N–H and O–H groups in total. The minimum atomic E-state index is -0.106. The summed E-state index contributed by atoms with van der Waals surface area (Å²) in [4.78, 5) is 13.2. The van der Waals surface area contributed by atoms with Crippen LogP contribution < -0.4 is 0 Å². The third kappa shape index (κ3) is 7.21. The zero-order valence-corrected chi connectivity index (χ0v) is 10.4. The first-order valence-corrected chi connectivity index (χ1v) is 6.03. The Bertz CT molecular complexity index is 162. The number of carbonyl (C=O) groups excluding carboxylic acids is 1. The van der Waals surface area contributed by atoms with Gasteiger partial charge in [-0.05, 0) is 32.8 Å². The van der Waals surface area contributed by atoms with Crippen molar-refractivity contribution in [3.8, 4) is 0 Å². The number of rotatable bonds is 7. The summed E-state index contributed by atoms with van der Waals surface area (Å²) in [6, 6.07) is 0. The Labute approximate surface area is 91.2 Å². The van der Waals surface area contributed by atoms with Gasteiger partial charge in [-0.2, -0.15) is 11.8 Å². The number of carbonyl (C=O) groups is 1. The van der Waals surface area contributed by atoms with Gasteiger partial charge in [0.15, 0.2) is 0 Å². The van der Waals surface area contributed by atoms with Crippen molar-refractivity contribution in [3.05, 3.63) is 0 Å². The quantitative estimate of drug-likeness (QED) is 0.479. The molecule has 0 fully saturated rings. The molecule has 0 aromatic rings. The van der Waals surface area contributed by atoms with Gasteiger partial charge in [-0.25, -0.2) is 0 Å². The maximum atomic E-state index is 11.0. The van der Waals surface area contributed by atoms with Crippen LogP contribution in [-0.2, 0) is 9.53 Å². The number of esters is 1. The first-order valence-electron chi connectivity index (χ1n) is 4.88. The normalized spacial score (nSPS) is 12.9. The molecule has 14 heavy (non-hydrogen) atoms. The van der Waals surface area contributed by atoms with Crippen LogP contribution in [0.15, 0.2) is 0 Å². The fraction of sp³-hybridized carbons (Fsp3) is 0.900. The Kier molecular flexibility index (Phi) is 7.99. The van der Waals surface area contributed by atoms with Gasteiger partial charge in [-0.3, -0.25) is 4.79 Å². The monoisotopic (exact) mass is 219 g/mol. The molecule has 0 saturated carbocycles. The zero-order valence-electron chi connectivity index (χ0n) is 9.58. The van der Waals surface area contributed by atoms with Crippen molar-refractivity contribution >= 4 is 17.7 Å². The predicted octanol–water partition coefficient (Wildman–Crippen LogP) is 1.48. The van der Waals surface area contributed by atoms with Crippen LogP contribution in [0.25, 0.3) is 0 Å². The van der Waals surface area contributed by atoms with E-state index in [1.54, 1.807) is 0 Å². The van der Waals surface area contributed by atoms with Gasteiger partial charge in [0.2, 0.25) is 0 Å². The molecule has 0 aliphatic rings.